The van der Waals surface area contributed by atoms with E-state index >= 15 is 0 Å². The Morgan fingerprint density at radius 3 is 3.00 bits per heavy atom. The Kier molecular flexibility index (Phi) is 2.97. The van der Waals surface area contributed by atoms with Crippen molar-refractivity contribution >= 4 is 0 Å². The summed E-state index contributed by atoms with van der Waals surface area (Å²) in [5.41, 5.74) is 1.71. The molecule has 1 atom stereocenters. The molecule has 2 aliphatic rings. The van der Waals surface area contributed by atoms with E-state index in [1.54, 1.807) is 6.26 Å². The van der Waals surface area contributed by atoms with Crippen molar-refractivity contribution < 1.29 is 4.42 Å². The topological polar surface area (TPSA) is 28.4 Å². The molecule has 1 saturated heterocycles. The van der Waals surface area contributed by atoms with Crippen LogP contribution in [0.5, 0.6) is 0 Å². The van der Waals surface area contributed by atoms with Gasteiger partial charge in [-0.3, -0.25) is 4.90 Å². The maximum Gasteiger partial charge on any atom is 0.0947 e. The van der Waals surface area contributed by atoms with E-state index in [4.69, 9.17) is 4.42 Å². The van der Waals surface area contributed by atoms with Gasteiger partial charge in [0.1, 0.15) is 0 Å². The molecule has 0 aromatic carbocycles. The molecule has 3 heteroatoms. The quantitative estimate of drug-likeness (QED) is 0.851. The van der Waals surface area contributed by atoms with E-state index in [9.17, 15) is 0 Å². The molecule has 2 heterocycles. The minimum Gasteiger partial charge on any atom is -0.472 e. The van der Waals surface area contributed by atoms with Crippen molar-refractivity contribution in [2.75, 3.05) is 13.1 Å². The van der Waals surface area contributed by atoms with Crippen LogP contribution in [0.1, 0.15) is 38.2 Å². The van der Waals surface area contributed by atoms with Crippen LogP contribution in [0.15, 0.2) is 23.0 Å². The molecule has 1 saturated carbocycles. The second kappa shape index (κ2) is 4.46. The highest BCUT2D eigenvalue weighted by molar-refractivity contribution is 5.08. The second-order valence-corrected chi connectivity index (χ2v) is 5.75. The monoisotopic (exact) mass is 234 g/mol. The van der Waals surface area contributed by atoms with Crippen molar-refractivity contribution in [3.63, 3.8) is 0 Å². The van der Waals surface area contributed by atoms with E-state index in [1.807, 2.05) is 6.26 Å². The zero-order valence-corrected chi connectivity index (χ0v) is 10.6. The van der Waals surface area contributed by atoms with E-state index in [1.165, 1.54) is 37.8 Å². The smallest absolute Gasteiger partial charge is 0.0947 e. The molecule has 1 aliphatic heterocycles. The van der Waals surface area contributed by atoms with E-state index in [0.29, 0.717) is 11.6 Å². The lowest BCUT2D eigenvalue weighted by Gasteiger charge is -2.45. The predicted octanol–water partition coefficient (Wildman–Crippen LogP) is 2.39. The molecule has 1 N–H and O–H groups in total. The van der Waals surface area contributed by atoms with Crippen LogP contribution < -0.4 is 5.32 Å². The third kappa shape index (κ3) is 2.26. The highest BCUT2D eigenvalue weighted by atomic mass is 16.3. The summed E-state index contributed by atoms with van der Waals surface area (Å²) in [7, 11) is 0. The van der Waals surface area contributed by atoms with Gasteiger partial charge in [-0.2, -0.15) is 0 Å². The summed E-state index contributed by atoms with van der Waals surface area (Å²) in [5, 5.41) is 3.79. The summed E-state index contributed by atoms with van der Waals surface area (Å²) in [6, 6.07) is 2.70. The fourth-order valence-corrected chi connectivity index (χ4v) is 3.31. The van der Waals surface area contributed by atoms with E-state index in [2.05, 4.69) is 23.2 Å². The fraction of sp³-hybridized carbons (Fsp3) is 0.714. The van der Waals surface area contributed by atoms with Crippen LogP contribution in [0.2, 0.25) is 0 Å². The first-order valence-corrected chi connectivity index (χ1v) is 6.78. The molecular formula is C14H22N2O. The normalized spacial score (nSPS) is 28.9. The lowest BCUT2D eigenvalue weighted by atomic mass is 9.92. The van der Waals surface area contributed by atoms with Gasteiger partial charge in [-0.1, -0.05) is 12.8 Å². The Balaban J connectivity index is 1.69. The molecule has 1 aromatic heterocycles. The molecule has 1 unspecified atom stereocenters. The summed E-state index contributed by atoms with van der Waals surface area (Å²) in [5.74, 6) is 0. The van der Waals surface area contributed by atoms with E-state index < -0.39 is 0 Å². The summed E-state index contributed by atoms with van der Waals surface area (Å²) in [6.45, 7) is 5.66. The highest BCUT2D eigenvalue weighted by Crippen LogP contribution is 2.33. The fourth-order valence-electron chi connectivity index (χ4n) is 3.31. The molecule has 1 aliphatic carbocycles. The number of nitrogens with one attached hydrogen (secondary N) is 1. The van der Waals surface area contributed by atoms with Crippen molar-refractivity contribution in [1.29, 1.82) is 0 Å². The van der Waals surface area contributed by atoms with Gasteiger partial charge < -0.3 is 9.73 Å². The number of hydrogen-bond acceptors (Lipinski definition) is 3. The standard InChI is InChI=1S/C14H22N2O/c1-12-8-15-14(5-2-3-6-14)11-16(12)9-13-4-7-17-10-13/h4,7,10,12,15H,2-3,5-6,8-9,11H2,1H3. The van der Waals surface area contributed by atoms with Crippen molar-refractivity contribution in [3.8, 4) is 0 Å². The lowest BCUT2D eigenvalue weighted by molar-refractivity contribution is 0.0825. The first-order valence-electron chi connectivity index (χ1n) is 6.78. The summed E-state index contributed by atoms with van der Waals surface area (Å²) >= 11 is 0. The molecule has 3 nitrogen and oxygen atoms in total. The van der Waals surface area contributed by atoms with Crippen molar-refractivity contribution in [3.05, 3.63) is 24.2 Å². The number of hydrogen-bond donors (Lipinski definition) is 1. The molecule has 0 bridgehead atoms. The first kappa shape index (κ1) is 11.3. The van der Waals surface area contributed by atoms with Crippen LogP contribution in [0.3, 0.4) is 0 Å². The third-order valence-electron chi connectivity index (χ3n) is 4.43. The van der Waals surface area contributed by atoms with Crippen LogP contribution in [0.25, 0.3) is 0 Å². The molecule has 17 heavy (non-hydrogen) atoms. The van der Waals surface area contributed by atoms with Crippen LogP contribution >= 0.6 is 0 Å². The summed E-state index contributed by atoms with van der Waals surface area (Å²) < 4.78 is 5.17. The Morgan fingerprint density at radius 1 is 1.47 bits per heavy atom. The first-order chi connectivity index (χ1) is 8.27. The molecule has 1 spiro atoms. The number of rotatable bonds is 2. The maximum atomic E-state index is 5.17. The molecule has 0 radical (unpaired) electrons. The molecule has 2 fully saturated rings. The summed E-state index contributed by atoms with van der Waals surface area (Å²) in [4.78, 5) is 2.60. The van der Waals surface area contributed by atoms with Crippen LogP contribution in [-0.2, 0) is 6.54 Å². The van der Waals surface area contributed by atoms with Crippen LogP contribution in [-0.4, -0.2) is 29.6 Å². The number of nitrogens with zero attached hydrogens (tertiary/aromatic N) is 1. The predicted molar refractivity (Wildman–Crippen MR) is 67.8 cm³/mol. The third-order valence-corrected chi connectivity index (χ3v) is 4.43. The van der Waals surface area contributed by atoms with E-state index in [-0.39, 0.29) is 0 Å². The van der Waals surface area contributed by atoms with Gasteiger partial charge in [-0.25, -0.2) is 0 Å². The average molecular weight is 234 g/mol. The van der Waals surface area contributed by atoms with Gasteiger partial charge in [-0.05, 0) is 25.8 Å². The molecular weight excluding hydrogens is 212 g/mol. The van der Waals surface area contributed by atoms with Gasteiger partial charge in [-0.15, -0.1) is 0 Å². The minimum absolute atomic E-state index is 0.413. The average Bonchev–Trinajstić information content (AvgIpc) is 2.96. The van der Waals surface area contributed by atoms with Gasteiger partial charge >= 0.3 is 0 Å². The van der Waals surface area contributed by atoms with Gasteiger partial charge in [0.05, 0.1) is 12.5 Å². The van der Waals surface area contributed by atoms with Crippen LogP contribution in [0, 0.1) is 0 Å². The van der Waals surface area contributed by atoms with Gasteiger partial charge in [0.2, 0.25) is 0 Å². The maximum absolute atomic E-state index is 5.17. The van der Waals surface area contributed by atoms with E-state index in [0.717, 1.165) is 13.1 Å². The van der Waals surface area contributed by atoms with Gasteiger partial charge in [0, 0.05) is 36.8 Å². The van der Waals surface area contributed by atoms with Gasteiger partial charge in [0.15, 0.2) is 0 Å². The Morgan fingerprint density at radius 2 is 2.29 bits per heavy atom. The zero-order chi connectivity index (χ0) is 11.7. The number of furan rings is 1. The number of piperazine rings is 1. The highest BCUT2D eigenvalue weighted by Gasteiger charge is 2.39. The van der Waals surface area contributed by atoms with Crippen molar-refractivity contribution in [1.82, 2.24) is 10.2 Å². The van der Waals surface area contributed by atoms with Gasteiger partial charge in [0.25, 0.3) is 0 Å². The molecule has 3 rings (SSSR count). The largest absolute Gasteiger partial charge is 0.472 e. The zero-order valence-electron chi connectivity index (χ0n) is 10.6. The Bertz CT molecular complexity index is 354. The van der Waals surface area contributed by atoms with Crippen molar-refractivity contribution in [2.45, 2.75) is 50.7 Å². The molecule has 1 aromatic rings. The van der Waals surface area contributed by atoms with Crippen molar-refractivity contribution in [2.24, 2.45) is 0 Å². The SMILES string of the molecule is CC1CNC2(CCCC2)CN1Cc1ccoc1. The molecule has 94 valence electrons. The van der Waals surface area contributed by atoms with Crippen LogP contribution in [0.4, 0.5) is 0 Å². The Labute approximate surface area is 103 Å². The second-order valence-electron chi connectivity index (χ2n) is 5.75. The Hall–Kier alpha value is -0.800. The minimum atomic E-state index is 0.413. The molecule has 0 amide bonds. The summed E-state index contributed by atoms with van der Waals surface area (Å²) in [6.07, 6.45) is 9.12. The lowest BCUT2D eigenvalue weighted by Crippen LogP contribution is -2.61.